The topological polar surface area (TPSA) is 64.4 Å². The van der Waals surface area contributed by atoms with E-state index in [1.165, 1.54) is 0 Å². The summed E-state index contributed by atoms with van der Waals surface area (Å²) in [4.78, 5) is 12.3. The minimum atomic E-state index is -0.0277. The maximum Gasteiger partial charge on any atom is 0.223 e. The fourth-order valence-corrected chi connectivity index (χ4v) is 3.12. The Balaban J connectivity index is 0.00000225. The Hall–Kier alpha value is -2.04. The average Bonchev–Trinajstić information content (AvgIpc) is 3.03. The largest absolute Gasteiger partial charge is 0.457 e. The number of carbonyl (C=O) groups excluding carboxylic acids is 1. The summed E-state index contributed by atoms with van der Waals surface area (Å²) in [5.41, 5.74) is 6.95. The van der Waals surface area contributed by atoms with Crippen LogP contribution in [0.4, 0.5) is 0 Å². The molecule has 0 bridgehead atoms. The lowest BCUT2D eigenvalue weighted by atomic mass is 10.0. The maximum absolute atomic E-state index is 12.3. The fraction of sp³-hybridized carbons (Fsp3) is 0.350. The van der Waals surface area contributed by atoms with Crippen molar-refractivity contribution in [3.05, 3.63) is 60.2 Å². The highest BCUT2D eigenvalue weighted by atomic mass is 35.5. The van der Waals surface area contributed by atoms with E-state index in [0.29, 0.717) is 0 Å². The number of para-hydroxylation sites is 1. The summed E-state index contributed by atoms with van der Waals surface area (Å²) < 4.78 is 5.79. The van der Waals surface area contributed by atoms with Crippen LogP contribution in [0.15, 0.2) is 54.6 Å². The number of amides is 1. The Morgan fingerprint density at radius 2 is 1.72 bits per heavy atom. The molecular formula is C20H25ClN2O2. The van der Waals surface area contributed by atoms with Crippen molar-refractivity contribution in [2.24, 2.45) is 11.7 Å². The van der Waals surface area contributed by atoms with Crippen LogP contribution in [0.25, 0.3) is 0 Å². The van der Waals surface area contributed by atoms with Crippen LogP contribution in [0.5, 0.6) is 11.5 Å². The van der Waals surface area contributed by atoms with Gasteiger partial charge >= 0.3 is 0 Å². The Kier molecular flexibility index (Phi) is 6.85. The summed E-state index contributed by atoms with van der Waals surface area (Å²) in [6.07, 6.45) is 2.63. The van der Waals surface area contributed by atoms with Gasteiger partial charge in [0, 0.05) is 12.0 Å². The minimum Gasteiger partial charge on any atom is -0.457 e. The van der Waals surface area contributed by atoms with Crippen molar-refractivity contribution in [2.75, 3.05) is 0 Å². The van der Waals surface area contributed by atoms with E-state index in [-0.39, 0.29) is 36.3 Å². The molecule has 1 aliphatic carbocycles. The van der Waals surface area contributed by atoms with Crippen LogP contribution in [0.3, 0.4) is 0 Å². The Morgan fingerprint density at radius 3 is 2.32 bits per heavy atom. The molecule has 4 nitrogen and oxygen atoms in total. The van der Waals surface area contributed by atoms with E-state index in [2.05, 4.69) is 5.32 Å². The number of hydrogen-bond acceptors (Lipinski definition) is 3. The number of halogens is 1. The molecule has 0 aliphatic heterocycles. The molecule has 0 heterocycles. The van der Waals surface area contributed by atoms with E-state index < -0.39 is 0 Å². The first-order chi connectivity index (χ1) is 11.6. The van der Waals surface area contributed by atoms with Gasteiger partial charge in [0.15, 0.2) is 0 Å². The highest BCUT2D eigenvalue weighted by Gasteiger charge is 2.28. The van der Waals surface area contributed by atoms with E-state index in [4.69, 9.17) is 10.5 Å². The van der Waals surface area contributed by atoms with E-state index in [1.54, 1.807) is 0 Å². The summed E-state index contributed by atoms with van der Waals surface area (Å²) in [5, 5.41) is 3.09. The third-order valence-corrected chi connectivity index (χ3v) is 4.56. The third kappa shape index (κ3) is 5.21. The SMILES string of the molecule is CC(NC(=O)C1CCC(N)C1)c1ccc(Oc2ccccc2)cc1.Cl. The zero-order valence-electron chi connectivity index (χ0n) is 14.4. The van der Waals surface area contributed by atoms with Crippen molar-refractivity contribution < 1.29 is 9.53 Å². The second-order valence-corrected chi connectivity index (χ2v) is 6.48. The molecule has 25 heavy (non-hydrogen) atoms. The number of benzene rings is 2. The van der Waals surface area contributed by atoms with Gasteiger partial charge in [0.25, 0.3) is 0 Å². The molecule has 0 saturated heterocycles. The smallest absolute Gasteiger partial charge is 0.223 e. The van der Waals surface area contributed by atoms with E-state index in [1.807, 2.05) is 61.5 Å². The molecule has 3 atom stereocenters. The first-order valence-electron chi connectivity index (χ1n) is 8.50. The van der Waals surface area contributed by atoms with Crippen LogP contribution in [0.1, 0.15) is 37.8 Å². The highest BCUT2D eigenvalue weighted by molar-refractivity contribution is 5.85. The summed E-state index contributed by atoms with van der Waals surface area (Å²) >= 11 is 0. The van der Waals surface area contributed by atoms with Crippen molar-refractivity contribution in [1.82, 2.24) is 5.32 Å². The first kappa shape index (κ1) is 19.3. The summed E-state index contributed by atoms with van der Waals surface area (Å²) in [6.45, 7) is 2.00. The Labute approximate surface area is 155 Å². The molecule has 1 saturated carbocycles. The number of hydrogen-bond donors (Lipinski definition) is 2. The molecule has 1 fully saturated rings. The molecule has 3 unspecified atom stereocenters. The molecule has 0 aromatic heterocycles. The zero-order chi connectivity index (χ0) is 16.9. The first-order valence-corrected chi connectivity index (χ1v) is 8.50. The van der Waals surface area contributed by atoms with Crippen molar-refractivity contribution in [3.63, 3.8) is 0 Å². The predicted molar refractivity (Wildman–Crippen MR) is 102 cm³/mol. The molecule has 1 aliphatic rings. The van der Waals surface area contributed by atoms with Crippen molar-refractivity contribution in [2.45, 2.75) is 38.3 Å². The van der Waals surface area contributed by atoms with Crippen LogP contribution >= 0.6 is 12.4 Å². The number of carbonyl (C=O) groups is 1. The second kappa shape index (κ2) is 8.88. The third-order valence-electron chi connectivity index (χ3n) is 4.56. The molecule has 2 aromatic carbocycles. The number of rotatable bonds is 5. The average molecular weight is 361 g/mol. The van der Waals surface area contributed by atoms with Gasteiger partial charge < -0.3 is 15.8 Å². The summed E-state index contributed by atoms with van der Waals surface area (Å²) in [7, 11) is 0. The van der Waals surface area contributed by atoms with Crippen molar-refractivity contribution in [3.8, 4) is 11.5 Å². The van der Waals surface area contributed by atoms with Gasteiger partial charge in [-0.25, -0.2) is 0 Å². The monoisotopic (exact) mass is 360 g/mol. The van der Waals surface area contributed by atoms with Crippen LogP contribution in [0, 0.1) is 5.92 Å². The molecule has 2 aromatic rings. The van der Waals surface area contributed by atoms with Gasteiger partial charge in [0.05, 0.1) is 6.04 Å². The standard InChI is InChI=1S/C20H24N2O2.ClH/c1-14(22-20(23)16-7-10-17(21)13-16)15-8-11-19(12-9-15)24-18-5-3-2-4-6-18;/h2-6,8-9,11-12,14,16-17H,7,10,13,21H2,1H3,(H,22,23);1H. The molecule has 1 amide bonds. The molecule has 3 rings (SSSR count). The van der Waals surface area contributed by atoms with Crippen molar-refractivity contribution >= 4 is 18.3 Å². The molecule has 0 radical (unpaired) electrons. The maximum atomic E-state index is 12.3. The van der Waals surface area contributed by atoms with Gasteiger partial charge in [-0.15, -0.1) is 12.4 Å². The van der Waals surface area contributed by atoms with E-state index >= 15 is 0 Å². The number of ether oxygens (including phenoxy) is 1. The van der Waals surface area contributed by atoms with Gasteiger partial charge in [0.2, 0.25) is 5.91 Å². The molecule has 134 valence electrons. The van der Waals surface area contributed by atoms with Crippen LogP contribution in [-0.2, 0) is 4.79 Å². The van der Waals surface area contributed by atoms with Gasteiger partial charge in [-0.05, 0) is 56.0 Å². The number of nitrogens with two attached hydrogens (primary N) is 1. The molecule has 0 spiro atoms. The van der Waals surface area contributed by atoms with Gasteiger partial charge in [-0.1, -0.05) is 30.3 Å². The van der Waals surface area contributed by atoms with Crippen LogP contribution in [-0.4, -0.2) is 11.9 Å². The summed E-state index contributed by atoms with van der Waals surface area (Å²) in [5.74, 6) is 1.76. The Bertz CT molecular complexity index is 676. The van der Waals surface area contributed by atoms with Gasteiger partial charge in [-0.2, -0.15) is 0 Å². The lowest BCUT2D eigenvalue weighted by Crippen LogP contribution is -2.32. The van der Waals surface area contributed by atoms with E-state index in [9.17, 15) is 4.79 Å². The van der Waals surface area contributed by atoms with Gasteiger partial charge in [-0.3, -0.25) is 4.79 Å². The van der Waals surface area contributed by atoms with Crippen molar-refractivity contribution in [1.29, 1.82) is 0 Å². The summed E-state index contributed by atoms with van der Waals surface area (Å²) in [6, 6.07) is 17.7. The van der Waals surface area contributed by atoms with Gasteiger partial charge in [0.1, 0.15) is 11.5 Å². The molecular weight excluding hydrogens is 336 g/mol. The lowest BCUT2D eigenvalue weighted by molar-refractivity contribution is -0.125. The van der Waals surface area contributed by atoms with Crippen LogP contribution in [0.2, 0.25) is 0 Å². The predicted octanol–water partition coefficient (Wildman–Crippen LogP) is 4.21. The quantitative estimate of drug-likeness (QED) is 0.839. The number of nitrogens with one attached hydrogen (secondary N) is 1. The van der Waals surface area contributed by atoms with E-state index in [0.717, 1.165) is 36.3 Å². The second-order valence-electron chi connectivity index (χ2n) is 6.48. The zero-order valence-corrected chi connectivity index (χ0v) is 15.2. The normalized spacial score (nSPS) is 20.4. The Morgan fingerprint density at radius 1 is 1.08 bits per heavy atom. The molecule has 5 heteroatoms. The van der Waals surface area contributed by atoms with Crippen LogP contribution < -0.4 is 15.8 Å². The lowest BCUT2D eigenvalue weighted by Gasteiger charge is -2.18. The minimum absolute atomic E-state index is 0. The fourth-order valence-electron chi connectivity index (χ4n) is 3.12. The molecule has 3 N–H and O–H groups in total. The highest BCUT2D eigenvalue weighted by Crippen LogP contribution is 2.26.